The molecule has 2 atom stereocenters. The van der Waals surface area contributed by atoms with Crippen LogP contribution in [0.2, 0.25) is 0 Å². The third-order valence-electron chi connectivity index (χ3n) is 8.35. The summed E-state index contributed by atoms with van der Waals surface area (Å²) >= 11 is 1.32. The Morgan fingerprint density at radius 1 is 1.18 bits per heavy atom. The number of anilines is 2. The molecule has 1 aromatic carbocycles. The number of thiophene rings is 1. The van der Waals surface area contributed by atoms with Gasteiger partial charge in [0.25, 0.3) is 5.91 Å². The largest absolute Gasteiger partial charge is 0.498 e. The summed E-state index contributed by atoms with van der Waals surface area (Å²) in [4.78, 5) is 49.5. The van der Waals surface area contributed by atoms with Gasteiger partial charge in [-0.3, -0.25) is 14.6 Å². The molecular formula is C36H46N6O6S. The summed E-state index contributed by atoms with van der Waals surface area (Å²) in [5.41, 5.74) is 2.56. The minimum atomic E-state index is -0.437. The average molecular weight is 691 g/mol. The number of hydrogen-bond donors (Lipinski definition) is 2. The molecule has 2 aromatic heterocycles. The van der Waals surface area contributed by atoms with Crippen LogP contribution in [0.25, 0.3) is 10.1 Å². The van der Waals surface area contributed by atoms with E-state index in [2.05, 4.69) is 27.1 Å². The summed E-state index contributed by atoms with van der Waals surface area (Å²) in [5, 5.41) is 6.41. The number of aliphatic imine (C=N–C) groups is 1. The molecule has 49 heavy (non-hydrogen) atoms. The van der Waals surface area contributed by atoms with Crippen LogP contribution in [0.4, 0.5) is 11.5 Å². The first-order valence-electron chi connectivity index (χ1n) is 15.9. The van der Waals surface area contributed by atoms with Gasteiger partial charge >= 0.3 is 5.97 Å². The van der Waals surface area contributed by atoms with Crippen molar-refractivity contribution in [1.82, 2.24) is 14.5 Å². The van der Waals surface area contributed by atoms with E-state index in [0.717, 1.165) is 40.1 Å². The Morgan fingerprint density at radius 2 is 2.00 bits per heavy atom. The van der Waals surface area contributed by atoms with E-state index in [1.165, 1.54) is 31.3 Å². The molecule has 0 bridgehead atoms. The second-order valence-electron chi connectivity index (χ2n) is 11.7. The Bertz CT molecular complexity index is 1770. The number of ether oxygens (including phenoxy) is 3. The Labute approximate surface area is 291 Å². The molecular weight excluding hydrogens is 644 g/mol. The molecule has 2 amide bonds. The monoisotopic (exact) mass is 690 g/mol. The molecule has 262 valence electrons. The quantitative estimate of drug-likeness (QED) is 0.115. The van der Waals surface area contributed by atoms with Crippen molar-refractivity contribution >= 4 is 56.9 Å². The van der Waals surface area contributed by atoms with Crippen LogP contribution in [0.15, 0.2) is 71.3 Å². The minimum absolute atomic E-state index is 0. The van der Waals surface area contributed by atoms with Gasteiger partial charge in [-0.15, -0.1) is 11.3 Å². The lowest BCUT2D eigenvalue weighted by Gasteiger charge is -2.32. The smallest absolute Gasteiger partial charge is 0.348 e. The number of carbonyl (C=O) groups is 3. The van der Waals surface area contributed by atoms with E-state index in [9.17, 15) is 14.4 Å². The number of nitrogens with one attached hydrogen (secondary N) is 2. The molecule has 0 radical (unpaired) electrons. The molecule has 1 aliphatic carbocycles. The van der Waals surface area contributed by atoms with E-state index < -0.39 is 11.9 Å². The maximum atomic E-state index is 13.0. The fourth-order valence-electron chi connectivity index (χ4n) is 5.77. The number of aryl methyl sites for hydroxylation is 1. The second kappa shape index (κ2) is 17.1. The number of allylic oxidation sites excluding steroid dienone is 2. The van der Waals surface area contributed by atoms with Crippen molar-refractivity contribution in [2.75, 3.05) is 38.0 Å². The molecule has 2 N–H and O–H groups in total. The summed E-state index contributed by atoms with van der Waals surface area (Å²) in [6.07, 6.45) is 11.9. The number of fused-ring (bicyclic) bond motifs is 1. The topological polar surface area (TPSA) is 136 Å². The summed E-state index contributed by atoms with van der Waals surface area (Å²) in [7, 11) is 4.65. The Morgan fingerprint density at radius 3 is 2.76 bits per heavy atom. The van der Waals surface area contributed by atoms with E-state index in [4.69, 9.17) is 19.2 Å². The number of aromatic nitrogens is 2. The fourth-order valence-corrected chi connectivity index (χ4v) is 6.73. The van der Waals surface area contributed by atoms with Gasteiger partial charge in [0.1, 0.15) is 16.7 Å². The number of imidazole rings is 1. The lowest BCUT2D eigenvalue weighted by atomic mass is 10.00. The van der Waals surface area contributed by atoms with Crippen LogP contribution in [0, 0.1) is 0 Å². The number of esters is 1. The number of hydrogen-bond acceptors (Lipinski definition) is 10. The van der Waals surface area contributed by atoms with Gasteiger partial charge in [0.05, 0.1) is 20.3 Å². The average Bonchev–Trinajstić information content (AvgIpc) is 3.68. The zero-order valence-corrected chi connectivity index (χ0v) is 28.6. The Hall–Kier alpha value is -4.75. The van der Waals surface area contributed by atoms with Crippen LogP contribution in [0.3, 0.4) is 0 Å². The number of likely N-dealkylation sites (tertiary alicyclic amines) is 1. The molecule has 3 heterocycles. The van der Waals surface area contributed by atoms with Crippen LogP contribution < -0.4 is 10.6 Å². The molecule has 13 heteroatoms. The standard InChI is InChI=1S/C35H42N6O6S.CH4/c1-6-41-14-8-7-10-25(41)20-36-26-19-28(27(45-4)16-22(26)2)47-15-9-11-32(42)38-31-21-40(3)33(39-31)34(43)37-24-12-13-29-23(17-24)18-30(48-29)35(44)46-5;/h6,12-13,16-18,20-21,25,28H,1,7-11,14-15,19H2,2-5H3,(H,37,43)(H,38,42);1H4/t25-,28?;/m1./s1. The predicted octanol–water partition coefficient (Wildman–Crippen LogP) is 6.69. The predicted molar refractivity (Wildman–Crippen MR) is 194 cm³/mol. The molecule has 2 aliphatic rings. The fraction of sp³-hybridized carbons (Fsp3) is 0.417. The molecule has 5 rings (SSSR count). The number of nitrogens with zero attached hydrogens (tertiary/aromatic N) is 4. The highest BCUT2D eigenvalue weighted by Gasteiger charge is 2.25. The SMILES string of the molecule is C.C=CN1CCCC[C@@H]1C=NC1=C(C)C=C(OC)C(OCCCC(=O)Nc2cn(C)c(C(=O)Nc3ccc4sc(C(=O)OC)cc4c3)n2)C1. The van der Waals surface area contributed by atoms with Gasteiger partial charge in [-0.1, -0.05) is 14.0 Å². The van der Waals surface area contributed by atoms with Crippen molar-refractivity contribution in [3.8, 4) is 0 Å². The van der Waals surface area contributed by atoms with E-state index in [0.29, 0.717) is 30.0 Å². The minimum Gasteiger partial charge on any atom is -0.498 e. The van der Waals surface area contributed by atoms with E-state index >= 15 is 0 Å². The van der Waals surface area contributed by atoms with Crippen LogP contribution in [-0.2, 0) is 26.1 Å². The summed E-state index contributed by atoms with van der Waals surface area (Å²) in [6, 6.07) is 7.34. The number of methoxy groups -OCH3 is 2. The molecule has 3 aromatic rings. The van der Waals surface area contributed by atoms with Crippen molar-refractivity contribution in [3.05, 3.63) is 77.0 Å². The van der Waals surface area contributed by atoms with Crippen LogP contribution in [-0.4, -0.2) is 78.0 Å². The molecule has 12 nitrogen and oxygen atoms in total. The molecule has 1 fully saturated rings. The lowest BCUT2D eigenvalue weighted by molar-refractivity contribution is -0.116. The van der Waals surface area contributed by atoms with Gasteiger partial charge in [0, 0.05) is 61.5 Å². The first-order chi connectivity index (χ1) is 23.2. The van der Waals surface area contributed by atoms with Crippen LogP contribution in [0.5, 0.6) is 0 Å². The maximum absolute atomic E-state index is 13.0. The van der Waals surface area contributed by atoms with E-state index in [1.54, 1.807) is 43.1 Å². The Balaban J connectivity index is 0.00000541. The number of amides is 2. The highest BCUT2D eigenvalue weighted by atomic mass is 32.1. The molecule has 1 saturated heterocycles. The van der Waals surface area contributed by atoms with Crippen LogP contribution >= 0.6 is 11.3 Å². The third-order valence-corrected chi connectivity index (χ3v) is 9.45. The van der Waals surface area contributed by atoms with Gasteiger partial charge < -0.3 is 34.3 Å². The number of piperidine rings is 1. The van der Waals surface area contributed by atoms with Crippen molar-refractivity contribution < 1.29 is 28.6 Å². The van der Waals surface area contributed by atoms with Crippen molar-refractivity contribution in [2.45, 2.75) is 65.0 Å². The molecule has 0 saturated carbocycles. The highest BCUT2D eigenvalue weighted by molar-refractivity contribution is 7.20. The van der Waals surface area contributed by atoms with E-state index in [1.807, 2.05) is 31.5 Å². The van der Waals surface area contributed by atoms with Crippen molar-refractivity contribution in [2.24, 2.45) is 12.0 Å². The first-order valence-corrected chi connectivity index (χ1v) is 16.8. The van der Waals surface area contributed by atoms with Gasteiger partial charge in [-0.2, -0.15) is 0 Å². The number of rotatable bonds is 13. The summed E-state index contributed by atoms with van der Waals surface area (Å²) in [5.74, 6) is 0.0662. The second-order valence-corrected chi connectivity index (χ2v) is 12.8. The number of benzene rings is 1. The first kappa shape index (κ1) is 37.1. The molecule has 0 spiro atoms. The van der Waals surface area contributed by atoms with Crippen LogP contribution in [0.1, 0.15) is 73.2 Å². The van der Waals surface area contributed by atoms with Crippen molar-refractivity contribution in [3.63, 3.8) is 0 Å². The third kappa shape index (κ3) is 9.24. The van der Waals surface area contributed by atoms with Gasteiger partial charge in [-0.25, -0.2) is 9.78 Å². The van der Waals surface area contributed by atoms with Gasteiger partial charge in [0.15, 0.2) is 5.82 Å². The zero-order chi connectivity index (χ0) is 34.2. The molecule has 1 aliphatic heterocycles. The van der Waals surface area contributed by atoms with E-state index in [-0.39, 0.29) is 43.5 Å². The number of carbonyl (C=O) groups excluding carboxylic acids is 3. The normalized spacial score (nSPS) is 17.8. The highest BCUT2D eigenvalue weighted by Crippen LogP contribution is 2.30. The molecule has 1 unspecified atom stereocenters. The van der Waals surface area contributed by atoms with Crippen molar-refractivity contribution in [1.29, 1.82) is 0 Å². The Kier molecular flexibility index (Phi) is 12.9. The maximum Gasteiger partial charge on any atom is 0.348 e. The lowest BCUT2D eigenvalue weighted by Crippen LogP contribution is -2.36. The summed E-state index contributed by atoms with van der Waals surface area (Å²) < 4.78 is 19.0. The van der Waals surface area contributed by atoms with Gasteiger partial charge in [-0.05, 0) is 80.1 Å². The summed E-state index contributed by atoms with van der Waals surface area (Å²) in [6.45, 7) is 7.32. The van der Waals surface area contributed by atoms with Gasteiger partial charge in [0.2, 0.25) is 11.7 Å². The zero-order valence-electron chi connectivity index (χ0n) is 27.8.